The van der Waals surface area contributed by atoms with Gasteiger partial charge in [-0.15, -0.1) is 0 Å². The maximum atomic E-state index is 10.4. The van der Waals surface area contributed by atoms with Crippen LogP contribution in [0.15, 0.2) is 0 Å². The Morgan fingerprint density at radius 3 is 2.31 bits per heavy atom. The fourth-order valence-electron chi connectivity index (χ4n) is 2.52. The van der Waals surface area contributed by atoms with Gasteiger partial charge in [-0.1, -0.05) is 40.0 Å². The van der Waals surface area contributed by atoms with Gasteiger partial charge in [0, 0.05) is 0 Å². The average Bonchev–Trinajstić information content (AvgIpc) is 2.28. The summed E-state index contributed by atoms with van der Waals surface area (Å²) < 4.78 is 0. The van der Waals surface area contributed by atoms with Crippen LogP contribution in [0.4, 0.5) is 0 Å². The van der Waals surface area contributed by atoms with E-state index in [0.29, 0.717) is 0 Å². The average molecular weight is 184 g/mol. The van der Waals surface area contributed by atoms with E-state index in [1.165, 1.54) is 32.1 Å². The zero-order valence-electron chi connectivity index (χ0n) is 9.40. The molecule has 1 heteroatoms. The second kappa shape index (κ2) is 4.00. The van der Waals surface area contributed by atoms with Crippen molar-refractivity contribution < 1.29 is 5.11 Å². The summed E-state index contributed by atoms with van der Waals surface area (Å²) in [6.45, 7) is 6.64. The smallest absolute Gasteiger partial charge is 0.0698 e. The van der Waals surface area contributed by atoms with Gasteiger partial charge in [0.05, 0.1) is 5.60 Å². The van der Waals surface area contributed by atoms with Gasteiger partial charge in [-0.2, -0.15) is 0 Å². The van der Waals surface area contributed by atoms with Crippen LogP contribution in [-0.4, -0.2) is 10.7 Å². The van der Waals surface area contributed by atoms with Crippen LogP contribution in [0.1, 0.15) is 65.7 Å². The second-order valence-electron chi connectivity index (χ2n) is 5.23. The van der Waals surface area contributed by atoms with E-state index in [1.54, 1.807) is 0 Å². The molecule has 0 aromatic heterocycles. The van der Waals surface area contributed by atoms with Gasteiger partial charge in [0.25, 0.3) is 0 Å². The fraction of sp³-hybridized carbons (Fsp3) is 1.00. The van der Waals surface area contributed by atoms with Crippen LogP contribution >= 0.6 is 0 Å². The number of aliphatic hydroxyl groups is 1. The van der Waals surface area contributed by atoms with Crippen molar-refractivity contribution in [3.05, 3.63) is 0 Å². The molecule has 0 aromatic rings. The monoisotopic (exact) mass is 184 g/mol. The Bertz CT molecular complexity index is 163. The van der Waals surface area contributed by atoms with Gasteiger partial charge in [-0.3, -0.25) is 0 Å². The van der Waals surface area contributed by atoms with Crippen LogP contribution in [-0.2, 0) is 0 Å². The lowest BCUT2D eigenvalue weighted by atomic mass is 9.75. The number of hydrogen-bond donors (Lipinski definition) is 1. The lowest BCUT2D eigenvalue weighted by Crippen LogP contribution is -2.39. The first kappa shape index (κ1) is 11.0. The molecule has 1 aliphatic rings. The summed E-state index contributed by atoms with van der Waals surface area (Å²) in [5.74, 6) is 0. The van der Waals surface area contributed by atoms with Crippen molar-refractivity contribution in [1.82, 2.24) is 0 Å². The van der Waals surface area contributed by atoms with Crippen molar-refractivity contribution in [3.63, 3.8) is 0 Å². The van der Waals surface area contributed by atoms with E-state index < -0.39 is 0 Å². The fourth-order valence-corrected chi connectivity index (χ4v) is 2.52. The number of unbranched alkanes of at least 4 members (excludes halogenated alkanes) is 2. The molecule has 1 unspecified atom stereocenters. The topological polar surface area (TPSA) is 20.2 Å². The predicted octanol–water partition coefficient (Wildman–Crippen LogP) is 3.51. The quantitative estimate of drug-likeness (QED) is 0.663. The van der Waals surface area contributed by atoms with Crippen LogP contribution in [0.5, 0.6) is 0 Å². The predicted molar refractivity (Wildman–Crippen MR) is 56.7 cm³/mol. The lowest BCUT2D eigenvalue weighted by molar-refractivity contribution is -0.0510. The van der Waals surface area contributed by atoms with Crippen molar-refractivity contribution in [2.24, 2.45) is 5.41 Å². The summed E-state index contributed by atoms with van der Waals surface area (Å²) >= 11 is 0. The van der Waals surface area contributed by atoms with Crippen molar-refractivity contribution in [1.29, 1.82) is 0 Å². The Labute approximate surface area is 82.5 Å². The van der Waals surface area contributed by atoms with E-state index in [1.807, 2.05) is 0 Å². The van der Waals surface area contributed by atoms with Crippen LogP contribution in [0.25, 0.3) is 0 Å². The maximum absolute atomic E-state index is 10.4. The lowest BCUT2D eigenvalue weighted by Gasteiger charge is -2.37. The van der Waals surface area contributed by atoms with E-state index in [0.717, 1.165) is 12.8 Å². The SMILES string of the molecule is CCCCCC1(O)CCCC1(C)C. The van der Waals surface area contributed by atoms with Gasteiger partial charge in [0.15, 0.2) is 0 Å². The van der Waals surface area contributed by atoms with Crippen LogP contribution in [0.3, 0.4) is 0 Å². The maximum Gasteiger partial charge on any atom is 0.0698 e. The molecule has 0 saturated heterocycles. The van der Waals surface area contributed by atoms with E-state index in [9.17, 15) is 5.11 Å². The van der Waals surface area contributed by atoms with Gasteiger partial charge in [0.1, 0.15) is 0 Å². The minimum Gasteiger partial charge on any atom is -0.389 e. The molecule has 1 saturated carbocycles. The minimum atomic E-state index is -0.359. The van der Waals surface area contributed by atoms with E-state index in [2.05, 4.69) is 20.8 Å². The molecular weight excluding hydrogens is 160 g/mol. The molecule has 0 amide bonds. The number of hydrogen-bond acceptors (Lipinski definition) is 1. The van der Waals surface area contributed by atoms with Crippen molar-refractivity contribution in [2.75, 3.05) is 0 Å². The molecule has 0 radical (unpaired) electrons. The highest BCUT2D eigenvalue weighted by molar-refractivity contribution is 4.98. The highest BCUT2D eigenvalue weighted by atomic mass is 16.3. The zero-order chi connectivity index (χ0) is 9.95. The largest absolute Gasteiger partial charge is 0.389 e. The minimum absolute atomic E-state index is 0.154. The summed E-state index contributed by atoms with van der Waals surface area (Å²) in [6.07, 6.45) is 8.12. The molecule has 1 atom stereocenters. The molecule has 0 heterocycles. The Morgan fingerprint density at radius 2 is 1.85 bits per heavy atom. The molecular formula is C12H24O. The van der Waals surface area contributed by atoms with Crippen LogP contribution < -0.4 is 0 Å². The summed E-state index contributed by atoms with van der Waals surface area (Å²) in [5, 5.41) is 10.4. The number of rotatable bonds is 4. The van der Waals surface area contributed by atoms with Gasteiger partial charge in [0.2, 0.25) is 0 Å². The van der Waals surface area contributed by atoms with Gasteiger partial charge < -0.3 is 5.11 Å². The first-order chi connectivity index (χ1) is 6.02. The van der Waals surface area contributed by atoms with Gasteiger partial charge in [-0.25, -0.2) is 0 Å². The molecule has 1 aliphatic carbocycles. The third-order valence-corrected chi connectivity index (χ3v) is 3.85. The van der Waals surface area contributed by atoms with Crippen molar-refractivity contribution in [3.8, 4) is 0 Å². The highest BCUT2D eigenvalue weighted by Crippen LogP contribution is 2.48. The van der Waals surface area contributed by atoms with E-state index in [4.69, 9.17) is 0 Å². The molecule has 0 aliphatic heterocycles. The molecule has 1 rings (SSSR count). The Kier molecular flexibility index (Phi) is 3.39. The summed E-state index contributed by atoms with van der Waals surface area (Å²) in [5.41, 5.74) is -0.205. The second-order valence-corrected chi connectivity index (χ2v) is 5.23. The van der Waals surface area contributed by atoms with Gasteiger partial charge >= 0.3 is 0 Å². The summed E-state index contributed by atoms with van der Waals surface area (Å²) in [7, 11) is 0. The molecule has 13 heavy (non-hydrogen) atoms. The third kappa shape index (κ3) is 2.25. The van der Waals surface area contributed by atoms with Gasteiger partial charge in [-0.05, 0) is 31.1 Å². The Balaban J connectivity index is 2.45. The zero-order valence-corrected chi connectivity index (χ0v) is 9.40. The molecule has 1 fully saturated rings. The van der Waals surface area contributed by atoms with E-state index in [-0.39, 0.29) is 11.0 Å². The van der Waals surface area contributed by atoms with Crippen LogP contribution in [0, 0.1) is 5.41 Å². The Morgan fingerprint density at radius 1 is 1.15 bits per heavy atom. The Hall–Kier alpha value is -0.0400. The molecule has 0 spiro atoms. The standard InChI is InChI=1S/C12H24O/c1-4-5-6-9-12(13)10-7-8-11(12,2)3/h13H,4-10H2,1-3H3. The molecule has 0 aromatic carbocycles. The molecule has 78 valence electrons. The first-order valence-electron chi connectivity index (χ1n) is 5.74. The van der Waals surface area contributed by atoms with Crippen molar-refractivity contribution in [2.45, 2.75) is 71.3 Å². The molecule has 1 N–H and O–H groups in total. The first-order valence-corrected chi connectivity index (χ1v) is 5.74. The summed E-state index contributed by atoms with van der Waals surface area (Å²) in [6, 6.07) is 0. The molecule has 1 nitrogen and oxygen atoms in total. The normalized spacial score (nSPS) is 32.3. The highest BCUT2D eigenvalue weighted by Gasteiger charge is 2.46. The summed E-state index contributed by atoms with van der Waals surface area (Å²) in [4.78, 5) is 0. The van der Waals surface area contributed by atoms with Crippen molar-refractivity contribution >= 4 is 0 Å². The molecule has 0 bridgehead atoms. The van der Waals surface area contributed by atoms with E-state index >= 15 is 0 Å². The third-order valence-electron chi connectivity index (χ3n) is 3.85. The van der Waals surface area contributed by atoms with Crippen LogP contribution in [0.2, 0.25) is 0 Å².